The average Bonchev–Trinajstić information content (AvgIpc) is 2.83. The van der Waals surface area contributed by atoms with Crippen molar-refractivity contribution in [3.8, 4) is 0 Å². The van der Waals surface area contributed by atoms with Crippen molar-refractivity contribution in [3.05, 3.63) is 15.6 Å². The molecule has 108 valence electrons. The number of rotatable bonds is 8. The maximum absolute atomic E-state index is 5.61. The Labute approximate surface area is 120 Å². The minimum atomic E-state index is 0.617. The van der Waals surface area contributed by atoms with Gasteiger partial charge in [0.15, 0.2) is 0 Å². The first-order chi connectivity index (χ1) is 9.35. The summed E-state index contributed by atoms with van der Waals surface area (Å²) in [6.45, 7) is 8.09. The Bertz CT molecular complexity index is 378. The molecule has 0 saturated heterocycles. The Morgan fingerprint density at radius 2 is 2.26 bits per heavy atom. The molecule has 0 spiro atoms. The molecule has 3 nitrogen and oxygen atoms in total. The van der Waals surface area contributed by atoms with Gasteiger partial charge in [-0.05, 0) is 38.6 Å². The monoisotopic (exact) mass is 282 g/mol. The fourth-order valence-electron chi connectivity index (χ4n) is 2.58. The second kappa shape index (κ2) is 7.98. The fraction of sp³-hybridized carbons (Fsp3) is 0.800. The third-order valence-corrected chi connectivity index (χ3v) is 4.61. The number of hydrogen-bond donors (Lipinski definition) is 1. The highest BCUT2D eigenvalue weighted by atomic mass is 32.1. The lowest BCUT2D eigenvalue weighted by Crippen LogP contribution is -2.24. The highest BCUT2D eigenvalue weighted by Crippen LogP contribution is 2.34. The molecule has 1 atom stereocenters. The number of aryl methyl sites for hydroxylation is 1. The second-order valence-corrected chi connectivity index (χ2v) is 6.43. The van der Waals surface area contributed by atoms with Crippen molar-refractivity contribution < 1.29 is 4.74 Å². The molecular formula is C15H26N2OS. The SMILES string of the molecule is CCCNCC1CCCc2sc(COCCC)nc21. The quantitative estimate of drug-likeness (QED) is 0.741. The number of aromatic nitrogens is 1. The van der Waals surface area contributed by atoms with E-state index in [1.807, 2.05) is 11.3 Å². The molecular weight excluding hydrogens is 256 g/mol. The predicted molar refractivity (Wildman–Crippen MR) is 80.9 cm³/mol. The summed E-state index contributed by atoms with van der Waals surface area (Å²) in [5, 5.41) is 4.71. The molecule has 1 aromatic rings. The van der Waals surface area contributed by atoms with E-state index in [0.717, 1.165) is 26.1 Å². The molecule has 1 unspecified atom stereocenters. The van der Waals surface area contributed by atoms with Gasteiger partial charge in [-0.15, -0.1) is 11.3 Å². The van der Waals surface area contributed by atoms with Crippen LogP contribution in [0, 0.1) is 0 Å². The molecule has 1 aliphatic rings. The van der Waals surface area contributed by atoms with Crippen molar-refractivity contribution in [2.45, 2.75) is 58.5 Å². The van der Waals surface area contributed by atoms with Gasteiger partial charge in [0, 0.05) is 23.9 Å². The van der Waals surface area contributed by atoms with Crippen molar-refractivity contribution >= 4 is 11.3 Å². The minimum absolute atomic E-state index is 0.617. The smallest absolute Gasteiger partial charge is 0.119 e. The first-order valence-corrected chi connectivity index (χ1v) is 8.43. The second-order valence-electron chi connectivity index (χ2n) is 5.26. The van der Waals surface area contributed by atoms with Crippen LogP contribution in [0.25, 0.3) is 0 Å². The van der Waals surface area contributed by atoms with Crippen LogP contribution in [0.1, 0.15) is 61.0 Å². The van der Waals surface area contributed by atoms with Crippen LogP contribution in [0.3, 0.4) is 0 Å². The zero-order chi connectivity index (χ0) is 13.5. The van der Waals surface area contributed by atoms with E-state index < -0.39 is 0 Å². The van der Waals surface area contributed by atoms with Gasteiger partial charge >= 0.3 is 0 Å². The Morgan fingerprint density at radius 1 is 1.37 bits per heavy atom. The van der Waals surface area contributed by atoms with E-state index in [1.54, 1.807) is 0 Å². The third-order valence-electron chi connectivity index (χ3n) is 3.51. The van der Waals surface area contributed by atoms with Crippen molar-refractivity contribution in [3.63, 3.8) is 0 Å². The molecule has 0 aliphatic heterocycles. The maximum Gasteiger partial charge on any atom is 0.119 e. The zero-order valence-corrected chi connectivity index (χ0v) is 13.0. The van der Waals surface area contributed by atoms with Crippen molar-refractivity contribution in [2.75, 3.05) is 19.7 Å². The molecule has 0 saturated carbocycles. The van der Waals surface area contributed by atoms with Crippen LogP contribution in [0.5, 0.6) is 0 Å². The van der Waals surface area contributed by atoms with Gasteiger partial charge in [-0.1, -0.05) is 13.8 Å². The summed E-state index contributed by atoms with van der Waals surface area (Å²) in [6, 6.07) is 0. The topological polar surface area (TPSA) is 34.1 Å². The molecule has 0 radical (unpaired) electrons. The summed E-state index contributed by atoms with van der Waals surface area (Å²) in [5.41, 5.74) is 1.36. The first kappa shape index (κ1) is 14.9. The van der Waals surface area contributed by atoms with E-state index >= 15 is 0 Å². The van der Waals surface area contributed by atoms with Gasteiger partial charge in [0.25, 0.3) is 0 Å². The molecule has 1 aromatic heterocycles. The van der Waals surface area contributed by atoms with Crippen LogP contribution in [-0.4, -0.2) is 24.7 Å². The number of ether oxygens (including phenoxy) is 1. The minimum Gasteiger partial charge on any atom is -0.374 e. The number of nitrogens with zero attached hydrogens (tertiary/aromatic N) is 1. The number of fused-ring (bicyclic) bond motifs is 1. The summed E-state index contributed by atoms with van der Waals surface area (Å²) < 4.78 is 5.61. The van der Waals surface area contributed by atoms with E-state index in [0.29, 0.717) is 12.5 Å². The van der Waals surface area contributed by atoms with Gasteiger partial charge in [-0.25, -0.2) is 4.98 Å². The van der Waals surface area contributed by atoms with Gasteiger partial charge in [0.1, 0.15) is 5.01 Å². The summed E-state index contributed by atoms with van der Waals surface area (Å²) in [4.78, 5) is 6.34. The van der Waals surface area contributed by atoms with E-state index in [9.17, 15) is 0 Å². The van der Waals surface area contributed by atoms with E-state index in [2.05, 4.69) is 19.2 Å². The summed E-state index contributed by atoms with van der Waals surface area (Å²) in [6.07, 6.45) is 6.08. The molecule has 0 amide bonds. The van der Waals surface area contributed by atoms with Crippen LogP contribution in [0.15, 0.2) is 0 Å². The summed E-state index contributed by atoms with van der Waals surface area (Å²) >= 11 is 1.86. The molecule has 1 heterocycles. The molecule has 1 N–H and O–H groups in total. The van der Waals surface area contributed by atoms with E-state index in [-0.39, 0.29) is 0 Å². The summed E-state index contributed by atoms with van der Waals surface area (Å²) in [7, 11) is 0. The first-order valence-electron chi connectivity index (χ1n) is 7.62. The van der Waals surface area contributed by atoms with Crippen molar-refractivity contribution in [2.24, 2.45) is 0 Å². The van der Waals surface area contributed by atoms with Gasteiger partial charge < -0.3 is 10.1 Å². The largest absolute Gasteiger partial charge is 0.374 e. The molecule has 19 heavy (non-hydrogen) atoms. The van der Waals surface area contributed by atoms with Crippen LogP contribution >= 0.6 is 11.3 Å². The van der Waals surface area contributed by atoms with Crippen LogP contribution in [0.2, 0.25) is 0 Å². The Balaban J connectivity index is 1.94. The van der Waals surface area contributed by atoms with Crippen molar-refractivity contribution in [1.82, 2.24) is 10.3 Å². The fourth-order valence-corrected chi connectivity index (χ4v) is 3.71. The highest BCUT2D eigenvalue weighted by Gasteiger charge is 2.24. The van der Waals surface area contributed by atoms with Gasteiger partial charge in [0.2, 0.25) is 0 Å². The molecule has 2 rings (SSSR count). The molecule has 0 aromatic carbocycles. The maximum atomic E-state index is 5.61. The number of nitrogens with one attached hydrogen (secondary N) is 1. The molecule has 4 heteroatoms. The van der Waals surface area contributed by atoms with Gasteiger partial charge in [0.05, 0.1) is 12.3 Å². The number of thiazole rings is 1. The average molecular weight is 282 g/mol. The van der Waals surface area contributed by atoms with Crippen LogP contribution in [-0.2, 0) is 17.8 Å². The lowest BCUT2D eigenvalue weighted by atomic mass is 9.91. The number of hydrogen-bond acceptors (Lipinski definition) is 4. The zero-order valence-electron chi connectivity index (χ0n) is 12.2. The Hall–Kier alpha value is -0.450. The van der Waals surface area contributed by atoms with E-state index in [1.165, 1.54) is 41.3 Å². The third kappa shape index (κ3) is 4.26. The lowest BCUT2D eigenvalue weighted by molar-refractivity contribution is 0.121. The molecule has 0 bridgehead atoms. The van der Waals surface area contributed by atoms with Crippen LogP contribution in [0.4, 0.5) is 0 Å². The molecule has 1 aliphatic carbocycles. The van der Waals surface area contributed by atoms with E-state index in [4.69, 9.17) is 9.72 Å². The lowest BCUT2D eigenvalue weighted by Gasteiger charge is -2.21. The Kier molecular flexibility index (Phi) is 6.28. The highest BCUT2D eigenvalue weighted by molar-refractivity contribution is 7.11. The van der Waals surface area contributed by atoms with Crippen molar-refractivity contribution in [1.29, 1.82) is 0 Å². The Morgan fingerprint density at radius 3 is 3.05 bits per heavy atom. The standard InChI is InChI=1S/C15H26N2OS/c1-3-8-16-10-12-6-5-7-13-15(12)17-14(19-13)11-18-9-4-2/h12,16H,3-11H2,1-2H3. The summed E-state index contributed by atoms with van der Waals surface area (Å²) in [5.74, 6) is 0.617. The normalized spacial score (nSPS) is 18.5. The molecule has 0 fully saturated rings. The van der Waals surface area contributed by atoms with Gasteiger partial charge in [-0.3, -0.25) is 0 Å². The predicted octanol–water partition coefficient (Wildman–Crippen LogP) is 3.49. The van der Waals surface area contributed by atoms with Gasteiger partial charge in [-0.2, -0.15) is 0 Å². The van der Waals surface area contributed by atoms with Crippen LogP contribution < -0.4 is 5.32 Å².